The molecule has 1 saturated heterocycles. The van der Waals surface area contributed by atoms with Crippen molar-refractivity contribution >= 4 is 5.69 Å². The number of pyridine rings is 1. The molecule has 2 rings (SSSR count). The maximum atomic E-state index is 11.6. The van der Waals surface area contributed by atoms with Gasteiger partial charge in [0.15, 0.2) is 0 Å². The molecule has 1 fully saturated rings. The predicted molar refractivity (Wildman–Crippen MR) is 74.5 cm³/mol. The number of nitrogens with two attached hydrogens (primary N) is 1. The zero-order valence-electron chi connectivity index (χ0n) is 11.3. The molecule has 0 aliphatic carbocycles. The lowest BCUT2D eigenvalue weighted by molar-refractivity contribution is 0.256. The van der Waals surface area contributed by atoms with Crippen LogP contribution < -0.4 is 11.3 Å². The Morgan fingerprint density at radius 3 is 2.78 bits per heavy atom. The fourth-order valence-electron chi connectivity index (χ4n) is 2.87. The van der Waals surface area contributed by atoms with Crippen LogP contribution >= 0.6 is 0 Å². The third-order valence-electron chi connectivity index (χ3n) is 3.76. The Labute approximate surface area is 108 Å². The molecular weight excluding hydrogens is 226 g/mol. The van der Waals surface area contributed by atoms with E-state index in [4.69, 9.17) is 5.73 Å². The summed E-state index contributed by atoms with van der Waals surface area (Å²) in [6.07, 6.45) is 4.02. The van der Waals surface area contributed by atoms with Crippen molar-refractivity contribution in [2.75, 3.05) is 18.8 Å². The van der Waals surface area contributed by atoms with Gasteiger partial charge in [0.25, 0.3) is 5.56 Å². The van der Waals surface area contributed by atoms with Crippen LogP contribution in [0.2, 0.25) is 0 Å². The molecule has 4 nitrogen and oxygen atoms in total. The van der Waals surface area contributed by atoms with Gasteiger partial charge in [-0.25, -0.2) is 0 Å². The molecule has 0 saturated carbocycles. The Bertz CT molecular complexity index is 455. The lowest BCUT2D eigenvalue weighted by Crippen LogP contribution is -2.30. The maximum Gasteiger partial charge on any atom is 0.250 e. The van der Waals surface area contributed by atoms with E-state index in [9.17, 15) is 4.79 Å². The highest BCUT2D eigenvalue weighted by molar-refractivity contribution is 5.33. The van der Waals surface area contributed by atoms with E-state index < -0.39 is 0 Å². The largest absolute Gasteiger partial charge is 0.398 e. The van der Waals surface area contributed by atoms with Crippen LogP contribution in [0.4, 0.5) is 5.69 Å². The number of hydrogen-bond donors (Lipinski definition) is 1. The highest BCUT2D eigenvalue weighted by Gasteiger charge is 2.25. The summed E-state index contributed by atoms with van der Waals surface area (Å²) in [7, 11) is 0. The number of hydrogen-bond acceptors (Lipinski definition) is 3. The molecule has 1 aliphatic rings. The van der Waals surface area contributed by atoms with Crippen LogP contribution in [0.25, 0.3) is 0 Å². The van der Waals surface area contributed by atoms with Gasteiger partial charge in [-0.1, -0.05) is 6.92 Å². The number of aryl methyl sites for hydroxylation is 1. The molecule has 0 spiro atoms. The molecule has 100 valence electrons. The molecule has 18 heavy (non-hydrogen) atoms. The second-order valence-corrected chi connectivity index (χ2v) is 5.53. The molecule has 0 bridgehead atoms. The summed E-state index contributed by atoms with van der Waals surface area (Å²) in [6.45, 7) is 7.59. The van der Waals surface area contributed by atoms with Crippen LogP contribution in [-0.2, 0) is 6.54 Å². The van der Waals surface area contributed by atoms with Crippen molar-refractivity contribution in [2.45, 2.75) is 39.3 Å². The number of aromatic nitrogens is 1. The predicted octanol–water partition coefficient (Wildman–Crippen LogP) is 1.55. The van der Waals surface area contributed by atoms with Gasteiger partial charge in [0.05, 0.1) is 0 Å². The van der Waals surface area contributed by atoms with E-state index in [1.165, 1.54) is 19.0 Å². The second kappa shape index (κ2) is 5.57. The lowest BCUT2D eigenvalue weighted by Gasteiger charge is -2.21. The zero-order chi connectivity index (χ0) is 13.1. The molecule has 2 unspecified atom stereocenters. The molecule has 0 radical (unpaired) electrons. The van der Waals surface area contributed by atoms with Gasteiger partial charge in [-0.05, 0) is 31.7 Å². The monoisotopic (exact) mass is 249 g/mol. The molecule has 1 aromatic rings. The first-order valence-electron chi connectivity index (χ1n) is 6.76. The summed E-state index contributed by atoms with van der Waals surface area (Å²) in [4.78, 5) is 14.1. The first-order chi connectivity index (χ1) is 8.56. The highest BCUT2D eigenvalue weighted by Crippen LogP contribution is 2.22. The molecule has 4 heteroatoms. The van der Waals surface area contributed by atoms with Crippen molar-refractivity contribution in [1.29, 1.82) is 0 Å². The number of nitrogens with zero attached hydrogens (tertiary/aromatic N) is 2. The molecule has 1 aromatic heterocycles. The summed E-state index contributed by atoms with van der Waals surface area (Å²) >= 11 is 0. The van der Waals surface area contributed by atoms with E-state index in [1.54, 1.807) is 16.8 Å². The van der Waals surface area contributed by atoms with E-state index in [0.717, 1.165) is 25.4 Å². The first kappa shape index (κ1) is 13.1. The number of anilines is 1. The van der Waals surface area contributed by atoms with Crippen molar-refractivity contribution < 1.29 is 0 Å². The van der Waals surface area contributed by atoms with Crippen LogP contribution in [0.15, 0.2) is 23.1 Å². The van der Waals surface area contributed by atoms with E-state index in [0.29, 0.717) is 11.7 Å². The van der Waals surface area contributed by atoms with E-state index in [1.807, 2.05) is 0 Å². The summed E-state index contributed by atoms with van der Waals surface area (Å²) < 4.78 is 1.71. The smallest absolute Gasteiger partial charge is 0.250 e. The minimum Gasteiger partial charge on any atom is -0.398 e. The van der Waals surface area contributed by atoms with Gasteiger partial charge in [-0.2, -0.15) is 0 Å². The standard InChI is InChI=1S/C14H23N3O/c1-11-8-12(2)16(9-11)6-3-7-17-10-13(15)4-5-14(17)18/h4-5,10-12H,3,6-9,15H2,1-2H3. The Balaban J connectivity index is 1.85. The van der Waals surface area contributed by atoms with Gasteiger partial charge < -0.3 is 15.2 Å². The van der Waals surface area contributed by atoms with E-state index >= 15 is 0 Å². The van der Waals surface area contributed by atoms with Crippen LogP contribution in [-0.4, -0.2) is 28.6 Å². The third kappa shape index (κ3) is 3.13. The van der Waals surface area contributed by atoms with Crippen LogP contribution in [0.3, 0.4) is 0 Å². The SMILES string of the molecule is CC1CC(C)N(CCCn2cc(N)ccc2=O)C1. The summed E-state index contributed by atoms with van der Waals surface area (Å²) in [5.41, 5.74) is 6.38. The fourth-order valence-corrected chi connectivity index (χ4v) is 2.87. The van der Waals surface area contributed by atoms with E-state index in [2.05, 4.69) is 18.7 Å². The fraction of sp³-hybridized carbons (Fsp3) is 0.643. The number of rotatable bonds is 4. The quantitative estimate of drug-likeness (QED) is 0.881. The average molecular weight is 249 g/mol. The molecule has 2 atom stereocenters. The third-order valence-corrected chi connectivity index (χ3v) is 3.76. The summed E-state index contributed by atoms with van der Waals surface area (Å²) in [5.74, 6) is 0.801. The van der Waals surface area contributed by atoms with Crippen LogP contribution in [0.1, 0.15) is 26.7 Å². The highest BCUT2D eigenvalue weighted by atomic mass is 16.1. The van der Waals surface area contributed by atoms with Crippen LogP contribution in [0, 0.1) is 5.92 Å². The zero-order valence-corrected chi connectivity index (χ0v) is 11.3. The van der Waals surface area contributed by atoms with Gasteiger partial charge in [-0.15, -0.1) is 0 Å². The van der Waals surface area contributed by atoms with E-state index in [-0.39, 0.29) is 5.56 Å². The van der Waals surface area contributed by atoms with Crippen molar-refractivity contribution in [2.24, 2.45) is 5.92 Å². The Hall–Kier alpha value is -1.29. The summed E-state index contributed by atoms with van der Waals surface area (Å²) in [6, 6.07) is 3.87. The normalized spacial score (nSPS) is 24.6. The molecule has 2 heterocycles. The number of likely N-dealkylation sites (tertiary alicyclic amines) is 1. The average Bonchev–Trinajstić information content (AvgIpc) is 2.62. The van der Waals surface area contributed by atoms with Gasteiger partial charge in [-0.3, -0.25) is 4.79 Å². The van der Waals surface area contributed by atoms with Crippen molar-refractivity contribution in [3.8, 4) is 0 Å². The molecule has 2 N–H and O–H groups in total. The molecule has 0 aromatic carbocycles. The molecule has 1 aliphatic heterocycles. The topological polar surface area (TPSA) is 51.3 Å². The van der Waals surface area contributed by atoms with Gasteiger partial charge in [0, 0.05) is 43.6 Å². The number of nitrogen functional groups attached to an aromatic ring is 1. The van der Waals surface area contributed by atoms with Crippen molar-refractivity contribution in [3.05, 3.63) is 28.7 Å². The summed E-state index contributed by atoms with van der Waals surface area (Å²) in [5, 5.41) is 0. The Morgan fingerprint density at radius 1 is 1.33 bits per heavy atom. The minimum atomic E-state index is 0.0343. The van der Waals surface area contributed by atoms with Gasteiger partial charge in [0.1, 0.15) is 0 Å². The van der Waals surface area contributed by atoms with Gasteiger partial charge in [0.2, 0.25) is 0 Å². The second-order valence-electron chi connectivity index (χ2n) is 5.53. The first-order valence-corrected chi connectivity index (χ1v) is 6.76. The molecular formula is C14H23N3O. The Kier molecular flexibility index (Phi) is 4.07. The van der Waals surface area contributed by atoms with Gasteiger partial charge >= 0.3 is 0 Å². The Morgan fingerprint density at radius 2 is 2.11 bits per heavy atom. The van der Waals surface area contributed by atoms with Crippen molar-refractivity contribution in [1.82, 2.24) is 9.47 Å². The lowest BCUT2D eigenvalue weighted by atomic mass is 10.1. The maximum absolute atomic E-state index is 11.6. The minimum absolute atomic E-state index is 0.0343. The van der Waals surface area contributed by atoms with Crippen molar-refractivity contribution in [3.63, 3.8) is 0 Å². The van der Waals surface area contributed by atoms with Crippen LogP contribution in [0.5, 0.6) is 0 Å². The molecule has 0 amide bonds.